The molecule has 0 aliphatic carbocycles. The van der Waals surface area contributed by atoms with E-state index in [9.17, 15) is 10.1 Å². The summed E-state index contributed by atoms with van der Waals surface area (Å²) in [7, 11) is 0. The normalized spacial score (nSPS) is 9.88. The van der Waals surface area contributed by atoms with Gasteiger partial charge in [-0.15, -0.1) is 0 Å². The number of nitrogens with zero attached hydrogens (tertiary/aromatic N) is 4. The smallest absolute Gasteiger partial charge is 0.258 e. The van der Waals surface area contributed by atoms with E-state index in [0.29, 0.717) is 5.69 Å². The lowest BCUT2D eigenvalue weighted by Crippen LogP contribution is -1.98. The van der Waals surface area contributed by atoms with Gasteiger partial charge in [0.05, 0.1) is 16.8 Å². The van der Waals surface area contributed by atoms with Crippen LogP contribution in [0.3, 0.4) is 0 Å². The number of aryl methyl sites for hydroxylation is 1. The van der Waals surface area contributed by atoms with E-state index >= 15 is 0 Å². The molecule has 2 rings (SSSR count). The Hall–Kier alpha value is -2.68. The van der Waals surface area contributed by atoms with Crippen molar-refractivity contribution in [1.82, 2.24) is 9.78 Å². The van der Waals surface area contributed by atoms with Crippen molar-refractivity contribution >= 4 is 5.69 Å². The van der Waals surface area contributed by atoms with Crippen molar-refractivity contribution in [2.24, 2.45) is 0 Å². The van der Waals surface area contributed by atoms with E-state index in [2.05, 4.69) is 5.10 Å². The number of nitro benzene ring substituents is 1. The Morgan fingerprint density at radius 3 is 2.82 bits per heavy atom. The van der Waals surface area contributed by atoms with Crippen LogP contribution in [0, 0.1) is 28.4 Å². The Balaban J connectivity index is 2.55. The summed E-state index contributed by atoms with van der Waals surface area (Å²) in [6.45, 7) is 1.88. The molecule has 0 saturated carbocycles. The first-order valence-electron chi connectivity index (χ1n) is 4.82. The zero-order chi connectivity index (χ0) is 12.4. The zero-order valence-electron chi connectivity index (χ0n) is 8.99. The van der Waals surface area contributed by atoms with Crippen molar-refractivity contribution in [2.75, 3.05) is 0 Å². The monoisotopic (exact) mass is 228 g/mol. The Morgan fingerprint density at radius 1 is 1.53 bits per heavy atom. The molecular weight excluding hydrogens is 220 g/mol. The van der Waals surface area contributed by atoms with E-state index in [1.165, 1.54) is 16.8 Å². The lowest BCUT2D eigenvalue weighted by molar-refractivity contribution is -0.385. The van der Waals surface area contributed by atoms with E-state index in [1.807, 2.05) is 6.92 Å². The highest BCUT2D eigenvalue weighted by atomic mass is 16.6. The summed E-state index contributed by atoms with van der Waals surface area (Å²) in [5.74, 6) is 0. The molecule has 0 fully saturated rings. The Morgan fingerprint density at radius 2 is 2.29 bits per heavy atom. The van der Waals surface area contributed by atoms with Gasteiger partial charge in [0.25, 0.3) is 5.69 Å². The summed E-state index contributed by atoms with van der Waals surface area (Å²) in [6, 6.07) is 6.17. The van der Waals surface area contributed by atoms with Crippen molar-refractivity contribution in [1.29, 1.82) is 5.26 Å². The summed E-state index contributed by atoms with van der Waals surface area (Å²) in [6.07, 6.45) is 3.41. The first-order valence-corrected chi connectivity index (χ1v) is 4.82. The Labute approximate surface area is 96.9 Å². The van der Waals surface area contributed by atoms with Crippen LogP contribution in [0.2, 0.25) is 0 Å². The molecule has 0 spiro atoms. The lowest BCUT2D eigenvalue weighted by atomic mass is 10.2. The van der Waals surface area contributed by atoms with E-state index in [1.54, 1.807) is 24.5 Å². The summed E-state index contributed by atoms with van der Waals surface area (Å²) >= 11 is 0. The van der Waals surface area contributed by atoms with Gasteiger partial charge in [0.15, 0.2) is 0 Å². The summed E-state index contributed by atoms with van der Waals surface area (Å²) in [5, 5.41) is 23.6. The van der Waals surface area contributed by atoms with Gasteiger partial charge < -0.3 is 0 Å². The standard InChI is InChI=1S/C11H8N4O2/c1-8-6-13-14(7-8)10-3-2-9(5-12)11(4-10)15(16)17/h2-4,6-7H,1H3. The van der Waals surface area contributed by atoms with Crippen LogP contribution in [0.1, 0.15) is 11.1 Å². The molecule has 0 saturated heterocycles. The molecule has 0 radical (unpaired) electrons. The second-order valence-electron chi connectivity index (χ2n) is 3.53. The Kier molecular flexibility index (Phi) is 2.58. The predicted molar refractivity (Wildman–Crippen MR) is 59.7 cm³/mol. The minimum Gasteiger partial charge on any atom is -0.258 e. The first kappa shape index (κ1) is 10.8. The quantitative estimate of drug-likeness (QED) is 0.580. The first-order chi connectivity index (χ1) is 8.11. The molecule has 1 aromatic carbocycles. The van der Waals surface area contributed by atoms with E-state index in [0.717, 1.165) is 5.56 Å². The minimum atomic E-state index is -0.571. The Bertz CT molecular complexity index is 625. The third-order valence-electron chi connectivity index (χ3n) is 2.27. The highest BCUT2D eigenvalue weighted by Crippen LogP contribution is 2.21. The minimum absolute atomic E-state index is 0.0441. The van der Waals surface area contributed by atoms with Crippen molar-refractivity contribution < 1.29 is 4.92 Å². The van der Waals surface area contributed by atoms with E-state index in [4.69, 9.17) is 5.26 Å². The molecular formula is C11H8N4O2. The second kappa shape index (κ2) is 4.06. The van der Waals surface area contributed by atoms with Crippen LogP contribution in [-0.2, 0) is 0 Å². The molecule has 0 bridgehead atoms. The number of hydrogen-bond donors (Lipinski definition) is 0. The maximum Gasteiger partial charge on any atom is 0.289 e. The fourth-order valence-corrected chi connectivity index (χ4v) is 1.46. The SMILES string of the molecule is Cc1cnn(-c2ccc(C#N)c([N+](=O)[O-])c2)c1. The molecule has 0 amide bonds. The maximum absolute atomic E-state index is 10.8. The molecule has 0 N–H and O–H groups in total. The average Bonchev–Trinajstić information content (AvgIpc) is 2.75. The van der Waals surface area contributed by atoms with Crippen molar-refractivity contribution in [3.8, 4) is 11.8 Å². The number of nitriles is 1. The molecule has 0 unspecified atom stereocenters. The fraction of sp³-hybridized carbons (Fsp3) is 0.0909. The van der Waals surface area contributed by atoms with Gasteiger partial charge in [-0.25, -0.2) is 4.68 Å². The highest BCUT2D eigenvalue weighted by molar-refractivity contribution is 5.54. The van der Waals surface area contributed by atoms with E-state index in [-0.39, 0.29) is 11.3 Å². The molecule has 0 atom stereocenters. The molecule has 0 aliphatic heterocycles. The number of rotatable bonds is 2. The topological polar surface area (TPSA) is 84.8 Å². The van der Waals surface area contributed by atoms with Crippen LogP contribution in [0.4, 0.5) is 5.69 Å². The second-order valence-corrected chi connectivity index (χ2v) is 3.53. The molecule has 1 aromatic heterocycles. The largest absolute Gasteiger partial charge is 0.289 e. The van der Waals surface area contributed by atoms with Crippen molar-refractivity contribution in [3.05, 3.63) is 51.8 Å². The molecule has 17 heavy (non-hydrogen) atoms. The van der Waals surface area contributed by atoms with Gasteiger partial charge in [-0.1, -0.05) is 0 Å². The van der Waals surface area contributed by atoms with Gasteiger partial charge >= 0.3 is 0 Å². The zero-order valence-corrected chi connectivity index (χ0v) is 8.99. The highest BCUT2D eigenvalue weighted by Gasteiger charge is 2.15. The third-order valence-corrected chi connectivity index (χ3v) is 2.27. The fourth-order valence-electron chi connectivity index (χ4n) is 1.46. The molecule has 84 valence electrons. The number of aromatic nitrogens is 2. The van der Waals surface area contributed by atoms with Gasteiger partial charge in [0, 0.05) is 12.3 Å². The number of benzene rings is 1. The van der Waals surface area contributed by atoms with Crippen molar-refractivity contribution in [2.45, 2.75) is 6.92 Å². The molecule has 1 heterocycles. The lowest BCUT2D eigenvalue weighted by Gasteiger charge is -2.01. The molecule has 0 aliphatic rings. The van der Waals surface area contributed by atoms with Gasteiger partial charge in [0.2, 0.25) is 0 Å². The number of hydrogen-bond acceptors (Lipinski definition) is 4. The van der Waals surface area contributed by atoms with Gasteiger partial charge in [0.1, 0.15) is 11.6 Å². The molecule has 2 aromatic rings. The van der Waals surface area contributed by atoms with Crippen LogP contribution in [-0.4, -0.2) is 14.7 Å². The summed E-state index contributed by atoms with van der Waals surface area (Å²) in [5.41, 5.74) is 1.35. The van der Waals surface area contributed by atoms with Crippen LogP contribution in [0.15, 0.2) is 30.6 Å². The number of nitro groups is 1. The van der Waals surface area contributed by atoms with Gasteiger partial charge in [-0.2, -0.15) is 10.4 Å². The van der Waals surface area contributed by atoms with Gasteiger partial charge in [-0.05, 0) is 24.6 Å². The molecule has 6 heteroatoms. The van der Waals surface area contributed by atoms with Gasteiger partial charge in [-0.3, -0.25) is 10.1 Å². The summed E-state index contributed by atoms with van der Waals surface area (Å²) < 4.78 is 1.53. The van der Waals surface area contributed by atoms with Crippen molar-refractivity contribution in [3.63, 3.8) is 0 Å². The van der Waals surface area contributed by atoms with Crippen LogP contribution >= 0.6 is 0 Å². The van der Waals surface area contributed by atoms with E-state index < -0.39 is 4.92 Å². The van der Waals surface area contributed by atoms with Crippen LogP contribution in [0.5, 0.6) is 0 Å². The van der Waals surface area contributed by atoms with Crippen LogP contribution < -0.4 is 0 Å². The molecule has 6 nitrogen and oxygen atoms in total. The average molecular weight is 228 g/mol. The maximum atomic E-state index is 10.8. The van der Waals surface area contributed by atoms with Crippen LogP contribution in [0.25, 0.3) is 5.69 Å². The third kappa shape index (κ3) is 1.99. The predicted octanol–water partition coefficient (Wildman–Crippen LogP) is 1.96. The summed E-state index contributed by atoms with van der Waals surface area (Å²) in [4.78, 5) is 10.2.